The molecule has 3 aromatic rings. The highest BCUT2D eigenvalue weighted by Crippen LogP contribution is 2.40. The van der Waals surface area contributed by atoms with Gasteiger partial charge in [-0.1, -0.05) is 0 Å². The molecule has 0 aliphatic heterocycles. The van der Waals surface area contributed by atoms with Crippen LogP contribution in [0.25, 0.3) is 11.0 Å². The van der Waals surface area contributed by atoms with Crippen molar-refractivity contribution in [2.24, 2.45) is 7.05 Å². The largest absolute Gasteiger partial charge is 0.496 e. The monoisotopic (exact) mass is 314 g/mol. The van der Waals surface area contributed by atoms with Gasteiger partial charge in [0.05, 0.1) is 39.4 Å². The molecule has 120 valence electrons. The predicted molar refractivity (Wildman–Crippen MR) is 87.9 cm³/mol. The van der Waals surface area contributed by atoms with Crippen LogP contribution in [0.1, 0.15) is 0 Å². The molecule has 0 unspecified atom stereocenters. The molecular weight excluding hydrogens is 296 g/mol. The van der Waals surface area contributed by atoms with E-state index >= 15 is 0 Å². The third kappa shape index (κ3) is 2.73. The maximum absolute atomic E-state index is 5.43. The molecule has 0 fully saturated rings. The summed E-state index contributed by atoms with van der Waals surface area (Å²) in [6, 6.07) is 5.49. The Morgan fingerprint density at radius 3 is 2.26 bits per heavy atom. The summed E-state index contributed by atoms with van der Waals surface area (Å²) in [5, 5.41) is 3.25. The zero-order chi connectivity index (χ0) is 16.4. The van der Waals surface area contributed by atoms with E-state index in [1.54, 1.807) is 46.0 Å². The number of methoxy groups -OCH3 is 3. The minimum Gasteiger partial charge on any atom is -0.496 e. The van der Waals surface area contributed by atoms with E-state index < -0.39 is 0 Å². The van der Waals surface area contributed by atoms with Crippen molar-refractivity contribution in [1.82, 2.24) is 14.5 Å². The zero-order valence-electron chi connectivity index (χ0n) is 13.5. The summed E-state index contributed by atoms with van der Waals surface area (Å²) in [7, 11) is 6.72. The lowest BCUT2D eigenvalue weighted by molar-refractivity contribution is 0.378. The summed E-state index contributed by atoms with van der Waals surface area (Å²) in [6.07, 6.45) is 3.48. The number of nitrogens with one attached hydrogen (secondary N) is 1. The van der Waals surface area contributed by atoms with Crippen molar-refractivity contribution in [2.45, 2.75) is 0 Å². The number of fused-ring (bicyclic) bond motifs is 1. The first-order valence-corrected chi connectivity index (χ1v) is 7.00. The molecular formula is C16H18N4O3. The molecule has 3 rings (SSSR count). The van der Waals surface area contributed by atoms with Crippen LogP contribution >= 0.6 is 0 Å². The number of rotatable bonds is 5. The highest BCUT2D eigenvalue weighted by molar-refractivity contribution is 5.80. The summed E-state index contributed by atoms with van der Waals surface area (Å²) in [4.78, 5) is 8.64. The highest BCUT2D eigenvalue weighted by Gasteiger charge is 2.14. The molecule has 1 N–H and O–H groups in total. The van der Waals surface area contributed by atoms with E-state index in [1.807, 2.05) is 17.7 Å². The number of imidazole rings is 1. The van der Waals surface area contributed by atoms with Crippen LogP contribution in [-0.4, -0.2) is 35.9 Å². The first-order chi connectivity index (χ1) is 11.2. The second-order valence-corrected chi connectivity index (χ2v) is 4.95. The van der Waals surface area contributed by atoms with E-state index in [0.717, 1.165) is 11.0 Å². The summed E-state index contributed by atoms with van der Waals surface area (Å²) in [6.45, 7) is 0. The normalized spacial score (nSPS) is 10.6. The minimum absolute atomic E-state index is 0.605. The van der Waals surface area contributed by atoms with Gasteiger partial charge in [-0.2, -0.15) is 0 Å². The van der Waals surface area contributed by atoms with Crippen molar-refractivity contribution in [3.05, 3.63) is 30.7 Å². The van der Waals surface area contributed by atoms with Gasteiger partial charge in [-0.25, -0.2) is 9.97 Å². The van der Waals surface area contributed by atoms with Crippen molar-refractivity contribution in [3.63, 3.8) is 0 Å². The average molecular weight is 314 g/mol. The van der Waals surface area contributed by atoms with Gasteiger partial charge in [-0.05, 0) is 0 Å². The molecule has 0 aliphatic rings. The molecule has 1 aromatic carbocycles. The first-order valence-electron chi connectivity index (χ1n) is 7.00. The Labute approximate surface area is 133 Å². The first kappa shape index (κ1) is 15.0. The number of aryl methyl sites for hydroxylation is 1. The van der Waals surface area contributed by atoms with Crippen LogP contribution < -0.4 is 19.5 Å². The lowest BCUT2D eigenvalue weighted by Gasteiger charge is -2.16. The second-order valence-electron chi connectivity index (χ2n) is 4.95. The lowest BCUT2D eigenvalue weighted by Crippen LogP contribution is -2.01. The van der Waals surface area contributed by atoms with Crippen LogP contribution in [0, 0.1) is 0 Å². The van der Waals surface area contributed by atoms with Crippen molar-refractivity contribution in [1.29, 1.82) is 0 Å². The van der Waals surface area contributed by atoms with Gasteiger partial charge in [0.2, 0.25) is 0 Å². The van der Waals surface area contributed by atoms with E-state index in [0.29, 0.717) is 28.8 Å². The molecule has 0 saturated carbocycles. The SMILES string of the molecule is COc1cc(OC)c(Nc2cc3c(cn2)ncn3C)c(OC)c1. The molecule has 0 radical (unpaired) electrons. The fourth-order valence-corrected chi connectivity index (χ4v) is 2.36. The molecule has 0 atom stereocenters. The van der Waals surface area contributed by atoms with Gasteiger partial charge in [0, 0.05) is 25.2 Å². The Balaban J connectivity index is 2.04. The Bertz CT molecular complexity index is 819. The quantitative estimate of drug-likeness (QED) is 0.781. The summed E-state index contributed by atoms with van der Waals surface area (Å²) >= 11 is 0. The maximum Gasteiger partial charge on any atom is 0.149 e. The number of ether oxygens (including phenoxy) is 3. The van der Waals surface area contributed by atoms with Crippen molar-refractivity contribution in [2.75, 3.05) is 26.6 Å². The molecule has 2 heterocycles. The number of hydrogen-bond acceptors (Lipinski definition) is 6. The number of benzene rings is 1. The van der Waals surface area contributed by atoms with Crippen LogP contribution in [0.3, 0.4) is 0 Å². The van der Waals surface area contributed by atoms with E-state index in [-0.39, 0.29) is 0 Å². The molecule has 0 aliphatic carbocycles. The summed E-state index contributed by atoms with van der Waals surface area (Å²) in [5.74, 6) is 2.53. The smallest absolute Gasteiger partial charge is 0.149 e. The zero-order valence-corrected chi connectivity index (χ0v) is 13.5. The number of pyridine rings is 1. The molecule has 0 saturated heterocycles. The summed E-state index contributed by atoms with van der Waals surface area (Å²) in [5.41, 5.74) is 2.51. The predicted octanol–water partition coefficient (Wildman–Crippen LogP) is 2.74. The van der Waals surface area contributed by atoms with Gasteiger partial charge in [0.15, 0.2) is 0 Å². The minimum atomic E-state index is 0.605. The maximum atomic E-state index is 5.43. The van der Waals surface area contributed by atoms with E-state index in [1.165, 1.54) is 0 Å². The standard InChI is InChI=1S/C16H18N4O3/c1-20-9-18-11-8-17-15(7-12(11)20)19-16-13(22-3)5-10(21-2)6-14(16)23-4/h5-9H,1-4H3,(H,17,19). The van der Waals surface area contributed by atoms with Gasteiger partial charge in [0.1, 0.15) is 34.3 Å². The second kappa shape index (κ2) is 6.04. The molecule has 7 heteroatoms. The van der Waals surface area contributed by atoms with Gasteiger partial charge >= 0.3 is 0 Å². The van der Waals surface area contributed by atoms with Crippen LogP contribution in [0.4, 0.5) is 11.5 Å². The number of nitrogens with zero attached hydrogens (tertiary/aromatic N) is 3. The van der Waals surface area contributed by atoms with E-state index in [2.05, 4.69) is 15.3 Å². The van der Waals surface area contributed by atoms with Crippen LogP contribution in [0.2, 0.25) is 0 Å². The lowest BCUT2D eigenvalue weighted by atomic mass is 10.2. The topological polar surface area (TPSA) is 70.4 Å². The Morgan fingerprint density at radius 1 is 0.957 bits per heavy atom. The highest BCUT2D eigenvalue weighted by atomic mass is 16.5. The van der Waals surface area contributed by atoms with Gasteiger partial charge in [0.25, 0.3) is 0 Å². The van der Waals surface area contributed by atoms with Crippen molar-refractivity contribution >= 4 is 22.5 Å². The third-order valence-corrected chi connectivity index (χ3v) is 3.58. The van der Waals surface area contributed by atoms with Crippen LogP contribution in [0.15, 0.2) is 30.7 Å². The average Bonchev–Trinajstić information content (AvgIpc) is 2.95. The fourth-order valence-electron chi connectivity index (χ4n) is 2.36. The van der Waals surface area contributed by atoms with Crippen LogP contribution in [-0.2, 0) is 7.05 Å². The Morgan fingerprint density at radius 2 is 1.65 bits per heavy atom. The summed E-state index contributed by atoms with van der Waals surface area (Å²) < 4.78 is 18.0. The third-order valence-electron chi connectivity index (χ3n) is 3.58. The van der Waals surface area contributed by atoms with Gasteiger partial charge in [-0.3, -0.25) is 0 Å². The number of aromatic nitrogens is 3. The molecule has 0 bridgehead atoms. The molecule has 7 nitrogen and oxygen atoms in total. The molecule has 23 heavy (non-hydrogen) atoms. The van der Waals surface area contributed by atoms with Gasteiger partial charge < -0.3 is 24.1 Å². The Kier molecular flexibility index (Phi) is 3.92. The fraction of sp³-hybridized carbons (Fsp3) is 0.250. The molecule has 0 spiro atoms. The van der Waals surface area contributed by atoms with Crippen molar-refractivity contribution < 1.29 is 14.2 Å². The Hall–Kier alpha value is -2.96. The van der Waals surface area contributed by atoms with E-state index in [9.17, 15) is 0 Å². The molecule has 0 amide bonds. The van der Waals surface area contributed by atoms with Gasteiger partial charge in [-0.15, -0.1) is 0 Å². The van der Waals surface area contributed by atoms with E-state index in [4.69, 9.17) is 14.2 Å². The van der Waals surface area contributed by atoms with Crippen LogP contribution in [0.5, 0.6) is 17.2 Å². The molecule has 2 aromatic heterocycles. The number of anilines is 2. The van der Waals surface area contributed by atoms with Crippen molar-refractivity contribution in [3.8, 4) is 17.2 Å². The number of hydrogen-bond donors (Lipinski definition) is 1.